The second-order valence-corrected chi connectivity index (χ2v) is 12.4. The van der Waals surface area contributed by atoms with Gasteiger partial charge in [-0.05, 0) is 31.6 Å². The zero-order chi connectivity index (χ0) is 31.2. The molecule has 0 fully saturated rings. The molecular weight excluding hydrogens is 544 g/mol. The van der Waals surface area contributed by atoms with Crippen molar-refractivity contribution in [2.45, 2.75) is 173 Å². The number of nitrogens with zero attached hydrogens (tertiary/aromatic N) is 2. The smallest absolute Gasteiger partial charge is 0.419 e. The third-order valence-electron chi connectivity index (χ3n) is 8.41. The van der Waals surface area contributed by atoms with Crippen LogP contribution in [-0.2, 0) is 14.3 Å². The van der Waals surface area contributed by atoms with Gasteiger partial charge in [-0.1, -0.05) is 135 Å². The first kappa shape index (κ1) is 38.6. The van der Waals surface area contributed by atoms with Gasteiger partial charge in [0.05, 0.1) is 6.61 Å². The number of unbranched alkanes of at least 4 members (excludes halogenated alkanes) is 21. The minimum atomic E-state index is -0.684. The van der Waals surface area contributed by atoms with Gasteiger partial charge in [0.15, 0.2) is 0 Å². The van der Waals surface area contributed by atoms with Gasteiger partial charge in [-0.25, -0.2) is 14.3 Å². The van der Waals surface area contributed by atoms with Gasteiger partial charge in [-0.2, -0.15) is 0 Å². The molecule has 0 aliphatic rings. The van der Waals surface area contributed by atoms with Crippen molar-refractivity contribution in [3.63, 3.8) is 0 Å². The Kier molecular flexibility index (Phi) is 25.5. The van der Waals surface area contributed by atoms with Crippen LogP contribution in [0.4, 0.5) is 4.79 Å². The molecule has 0 amide bonds. The number of hydrogen-bond acceptors (Lipinski definition) is 5. The predicted octanol–water partition coefficient (Wildman–Crippen LogP) is 10.2. The molecule has 1 aromatic rings. The first-order valence-electron chi connectivity index (χ1n) is 17.6. The fourth-order valence-corrected chi connectivity index (χ4v) is 5.72. The summed E-state index contributed by atoms with van der Waals surface area (Å²) in [5, 5.41) is 17.4. The summed E-state index contributed by atoms with van der Waals surface area (Å²) in [5.41, 5.74) is 0. The Balaban J connectivity index is 2.08. The van der Waals surface area contributed by atoms with E-state index in [0.717, 1.165) is 51.4 Å². The van der Waals surface area contributed by atoms with Crippen LogP contribution >= 0.6 is 0 Å². The number of rotatable bonds is 31. The van der Waals surface area contributed by atoms with Crippen LogP contribution in [0.25, 0.3) is 0 Å². The first-order valence-corrected chi connectivity index (χ1v) is 17.6. The van der Waals surface area contributed by atoms with Crippen molar-refractivity contribution < 1.29 is 29.3 Å². The number of carbonyl (C=O) groups is 3. The Morgan fingerprint density at radius 3 is 1.23 bits per heavy atom. The van der Waals surface area contributed by atoms with Gasteiger partial charge in [0.2, 0.25) is 0 Å². The van der Waals surface area contributed by atoms with Crippen LogP contribution in [0.15, 0.2) is 18.7 Å². The normalized spacial score (nSPS) is 11.9. The van der Waals surface area contributed by atoms with E-state index in [-0.39, 0.29) is 6.09 Å². The molecule has 1 rings (SSSR count). The predicted molar refractivity (Wildman–Crippen MR) is 172 cm³/mol. The van der Waals surface area contributed by atoms with E-state index in [1.54, 1.807) is 12.4 Å². The Labute approximate surface area is 261 Å². The quantitative estimate of drug-likeness (QED) is 0.0807. The number of aromatic nitrogens is 2. The van der Waals surface area contributed by atoms with Gasteiger partial charge < -0.3 is 14.9 Å². The van der Waals surface area contributed by atoms with Crippen LogP contribution in [0, 0.1) is 5.92 Å². The number of ether oxygens (including phenoxy) is 1. The maximum Gasteiger partial charge on any atom is 0.419 e. The summed E-state index contributed by atoms with van der Waals surface area (Å²) in [7, 11) is 0. The molecule has 0 spiro atoms. The number of imidazole rings is 1. The first-order chi connectivity index (χ1) is 21.0. The van der Waals surface area contributed by atoms with Crippen molar-refractivity contribution in [1.29, 1.82) is 0 Å². The summed E-state index contributed by atoms with van der Waals surface area (Å²) in [6.07, 6.45) is 34.6. The Morgan fingerprint density at radius 1 is 0.558 bits per heavy atom. The van der Waals surface area contributed by atoms with Crippen LogP contribution in [0.1, 0.15) is 173 Å². The van der Waals surface area contributed by atoms with Crippen LogP contribution in [0.2, 0.25) is 0 Å². The van der Waals surface area contributed by atoms with E-state index < -0.39 is 11.9 Å². The number of carboxylic acid groups (broad SMARTS) is 2. The average Bonchev–Trinajstić information content (AvgIpc) is 3.53. The molecule has 1 heterocycles. The molecule has 248 valence electrons. The summed E-state index contributed by atoms with van der Waals surface area (Å²) in [6, 6.07) is 0. The summed E-state index contributed by atoms with van der Waals surface area (Å²) >= 11 is 0. The standard InChI is InChI=1S/C35H62N2O6/c38-33(39)26-22-18-14-10-6-2-1-4-8-12-16-20-24-32(30-43-35(42)37-29-28-36-31-37)25-21-17-13-9-5-3-7-11-15-19-23-27-34(40)41/h28-29,31-32H,1-27,30H2,(H,38,39)(H,40,41). The van der Waals surface area contributed by atoms with Crippen molar-refractivity contribution in [2.75, 3.05) is 6.61 Å². The lowest BCUT2D eigenvalue weighted by molar-refractivity contribution is -0.138. The van der Waals surface area contributed by atoms with E-state index in [1.165, 1.54) is 120 Å². The van der Waals surface area contributed by atoms with Crippen LogP contribution in [0.5, 0.6) is 0 Å². The lowest BCUT2D eigenvalue weighted by atomic mass is 9.94. The zero-order valence-electron chi connectivity index (χ0n) is 27.0. The highest BCUT2D eigenvalue weighted by atomic mass is 16.5. The van der Waals surface area contributed by atoms with Crippen molar-refractivity contribution in [3.8, 4) is 0 Å². The van der Waals surface area contributed by atoms with E-state index in [2.05, 4.69) is 4.98 Å². The number of carboxylic acids is 2. The third-order valence-corrected chi connectivity index (χ3v) is 8.41. The Morgan fingerprint density at radius 2 is 0.907 bits per heavy atom. The number of hydrogen-bond donors (Lipinski definition) is 2. The molecule has 0 aliphatic carbocycles. The molecule has 0 bridgehead atoms. The SMILES string of the molecule is O=C(O)CCCCCCCCCCCCCCC(CCCCCCCCCCCCCC(=O)O)COC(=O)n1ccnc1. The molecule has 8 nitrogen and oxygen atoms in total. The van der Waals surface area contributed by atoms with E-state index in [0.29, 0.717) is 25.4 Å². The van der Waals surface area contributed by atoms with Crippen LogP contribution in [0.3, 0.4) is 0 Å². The highest BCUT2D eigenvalue weighted by Crippen LogP contribution is 2.21. The molecule has 1 atom stereocenters. The summed E-state index contributed by atoms with van der Waals surface area (Å²) in [6.45, 7) is 0.486. The molecule has 0 aromatic carbocycles. The molecule has 0 saturated carbocycles. The molecule has 0 radical (unpaired) electrons. The van der Waals surface area contributed by atoms with Gasteiger partial charge >= 0.3 is 18.0 Å². The average molecular weight is 607 g/mol. The lowest BCUT2D eigenvalue weighted by Gasteiger charge is -2.17. The maximum absolute atomic E-state index is 12.3. The number of aliphatic carboxylic acids is 2. The van der Waals surface area contributed by atoms with E-state index in [9.17, 15) is 14.4 Å². The molecule has 8 heteroatoms. The molecule has 0 aliphatic heterocycles. The fourth-order valence-electron chi connectivity index (χ4n) is 5.72. The molecular formula is C35H62N2O6. The van der Waals surface area contributed by atoms with Crippen LogP contribution in [-0.4, -0.2) is 44.4 Å². The molecule has 43 heavy (non-hydrogen) atoms. The fraction of sp³-hybridized carbons (Fsp3) is 0.829. The van der Waals surface area contributed by atoms with Crippen LogP contribution < -0.4 is 0 Å². The van der Waals surface area contributed by atoms with Gasteiger partial charge in [0.25, 0.3) is 0 Å². The second kappa shape index (κ2) is 28.4. The second-order valence-electron chi connectivity index (χ2n) is 12.4. The van der Waals surface area contributed by atoms with Crippen molar-refractivity contribution in [3.05, 3.63) is 18.7 Å². The molecule has 0 saturated heterocycles. The highest BCUT2D eigenvalue weighted by molar-refractivity contribution is 5.70. The van der Waals surface area contributed by atoms with Gasteiger partial charge in [0, 0.05) is 25.2 Å². The largest absolute Gasteiger partial charge is 0.481 e. The van der Waals surface area contributed by atoms with Crippen molar-refractivity contribution in [1.82, 2.24) is 9.55 Å². The van der Waals surface area contributed by atoms with Crippen molar-refractivity contribution in [2.24, 2.45) is 5.92 Å². The minimum absolute atomic E-state index is 0.302. The minimum Gasteiger partial charge on any atom is -0.481 e. The summed E-state index contributed by atoms with van der Waals surface area (Å²) in [4.78, 5) is 37.3. The van der Waals surface area contributed by atoms with Gasteiger partial charge in [-0.15, -0.1) is 0 Å². The highest BCUT2D eigenvalue weighted by Gasteiger charge is 2.13. The lowest BCUT2D eigenvalue weighted by Crippen LogP contribution is -2.18. The summed E-state index contributed by atoms with van der Waals surface area (Å²) < 4.78 is 7.02. The molecule has 1 unspecified atom stereocenters. The molecule has 1 aromatic heterocycles. The monoisotopic (exact) mass is 606 g/mol. The summed E-state index contributed by atoms with van der Waals surface area (Å²) in [5.74, 6) is -0.946. The Hall–Kier alpha value is -2.38. The van der Waals surface area contributed by atoms with Gasteiger partial charge in [0.1, 0.15) is 6.33 Å². The zero-order valence-corrected chi connectivity index (χ0v) is 27.0. The Bertz CT molecular complexity index is 798. The topological polar surface area (TPSA) is 119 Å². The maximum atomic E-state index is 12.3. The van der Waals surface area contributed by atoms with E-state index >= 15 is 0 Å². The third kappa shape index (κ3) is 25.8. The molecule has 2 N–H and O–H groups in total. The van der Waals surface area contributed by atoms with Crippen molar-refractivity contribution >= 4 is 18.0 Å². The van der Waals surface area contributed by atoms with E-state index in [1.807, 2.05) is 0 Å². The van der Waals surface area contributed by atoms with Gasteiger partial charge in [-0.3, -0.25) is 9.59 Å². The number of carbonyl (C=O) groups excluding carboxylic acids is 1. The van der Waals surface area contributed by atoms with E-state index in [4.69, 9.17) is 14.9 Å².